The zero-order valence-corrected chi connectivity index (χ0v) is 10.5. The Bertz CT molecular complexity index is 599. The molecule has 2 rings (SSSR count). The fourth-order valence-electron chi connectivity index (χ4n) is 1.54. The SMILES string of the molecule is Cc1nc(N)ccc1NC(=O)c1cccc(Cl)c1. The summed E-state index contributed by atoms with van der Waals surface area (Å²) in [6.45, 7) is 1.78. The Hall–Kier alpha value is -2.07. The van der Waals surface area contributed by atoms with Crippen molar-refractivity contribution in [2.24, 2.45) is 0 Å². The largest absolute Gasteiger partial charge is 0.384 e. The van der Waals surface area contributed by atoms with E-state index in [2.05, 4.69) is 10.3 Å². The topological polar surface area (TPSA) is 68.0 Å². The lowest BCUT2D eigenvalue weighted by Crippen LogP contribution is -2.13. The molecule has 0 fully saturated rings. The molecule has 3 N–H and O–H groups in total. The number of nitrogens with zero attached hydrogens (tertiary/aromatic N) is 1. The van der Waals surface area contributed by atoms with Gasteiger partial charge in [-0.05, 0) is 37.3 Å². The monoisotopic (exact) mass is 261 g/mol. The zero-order valence-electron chi connectivity index (χ0n) is 9.77. The quantitative estimate of drug-likeness (QED) is 0.873. The number of carbonyl (C=O) groups excluding carboxylic acids is 1. The summed E-state index contributed by atoms with van der Waals surface area (Å²) < 4.78 is 0. The third kappa shape index (κ3) is 2.78. The second-order valence-electron chi connectivity index (χ2n) is 3.83. The van der Waals surface area contributed by atoms with Crippen molar-refractivity contribution in [3.8, 4) is 0 Å². The van der Waals surface area contributed by atoms with E-state index < -0.39 is 0 Å². The number of carbonyl (C=O) groups is 1. The molecule has 0 aliphatic rings. The second-order valence-corrected chi connectivity index (χ2v) is 4.27. The molecule has 0 atom stereocenters. The molecule has 2 aromatic rings. The molecular weight excluding hydrogens is 250 g/mol. The number of hydrogen-bond donors (Lipinski definition) is 2. The van der Waals surface area contributed by atoms with Gasteiger partial charge in [-0.3, -0.25) is 4.79 Å². The van der Waals surface area contributed by atoms with Crippen molar-refractivity contribution in [2.75, 3.05) is 11.1 Å². The summed E-state index contributed by atoms with van der Waals surface area (Å²) in [5, 5.41) is 3.29. The Balaban J connectivity index is 2.21. The van der Waals surface area contributed by atoms with Crippen LogP contribution in [0.1, 0.15) is 16.1 Å². The van der Waals surface area contributed by atoms with Crippen molar-refractivity contribution in [1.82, 2.24) is 4.98 Å². The van der Waals surface area contributed by atoms with Gasteiger partial charge < -0.3 is 11.1 Å². The van der Waals surface area contributed by atoms with Crippen molar-refractivity contribution in [1.29, 1.82) is 0 Å². The third-order valence-electron chi connectivity index (χ3n) is 2.44. The van der Waals surface area contributed by atoms with E-state index in [9.17, 15) is 4.79 Å². The first-order chi connectivity index (χ1) is 8.56. The summed E-state index contributed by atoms with van der Waals surface area (Å²) in [6, 6.07) is 10.1. The van der Waals surface area contributed by atoms with Gasteiger partial charge in [0.05, 0.1) is 11.4 Å². The minimum absolute atomic E-state index is 0.229. The van der Waals surface area contributed by atoms with Gasteiger partial charge in [-0.15, -0.1) is 0 Å². The van der Waals surface area contributed by atoms with Crippen molar-refractivity contribution in [3.63, 3.8) is 0 Å². The van der Waals surface area contributed by atoms with E-state index in [1.807, 2.05) is 0 Å². The highest BCUT2D eigenvalue weighted by Crippen LogP contribution is 2.16. The zero-order chi connectivity index (χ0) is 13.1. The average molecular weight is 262 g/mol. The minimum atomic E-state index is -0.229. The number of nitrogen functional groups attached to an aromatic ring is 1. The van der Waals surface area contributed by atoms with Crippen LogP contribution in [-0.4, -0.2) is 10.9 Å². The average Bonchev–Trinajstić information content (AvgIpc) is 2.32. The molecular formula is C13H12ClN3O. The Kier molecular flexibility index (Phi) is 3.48. The molecule has 5 heteroatoms. The van der Waals surface area contributed by atoms with Crippen molar-refractivity contribution in [2.45, 2.75) is 6.92 Å². The van der Waals surface area contributed by atoms with E-state index in [1.165, 1.54) is 0 Å². The predicted octanol–water partition coefficient (Wildman–Crippen LogP) is 2.88. The van der Waals surface area contributed by atoms with Gasteiger partial charge in [-0.25, -0.2) is 4.98 Å². The van der Waals surface area contributed by atoms with Crippen LogP contribution in [0.5, 0.6) is 0 Å². The van der Waals surface area contributed by atoms with Crippen LogP contribution in [0.25, 0.3) is 0 Å². The molecule has 0 unspecified atom stereocenters. The second kappa shape index (κ2) is 5.06. The number of aryl methyl sites for hydroxylation is 1. The highest BCUT2D eigenvalue weighted by atomic mass is 35.5. The van der Waals surface area contributed by atoms with Crippen LogP contribution in [0.3, 0.4) is 0 Å². The molecule has 0 aliphatic carbocycles. The highest BCUT2D eigenvalue weighted by Gasteiger charge is 2.08. The van der Waals surface area contributed by atoms with Gasteiger partial charge in [0.1, 0.15) is 5.82 Å². The van der Waals surface area contributed by atoms with Crippen molar-refractivity contribution >= 4 is 29.0 Å². The maximum Gasteiger partial charge on any atom is 0.255 e. The van der Waals surface area contributed by atoms with Gasteiger partial charge in [0.25, 0.3) is 5.91 Å². The van der Waals surface area contributed by atoms with Crippen molar-refractivity contribution in [3.05, 3.63) is 52.7 Å². The van der Waals surface area contributed by atoms with E-state index in [-0.39, 0.29) is 5.91 Å². The lowest BCUT2D eigenvalue weighted by Gasteiger charge is -2.08. The Labute approximate surface area is 110 Å². The van der Waals surface area contributed by atoms with Crippen molar-refractivity contribution < 1.29 is 4.79 Å². The molecule has 0 bridgehead atoms. The van der Waals surface area contributed by atoms with E-state index in [0.29, 0.717) is 27.8 Å². The van der Waals surface area contributed by atoms with Crippen LogP contribution in [0.2, 0.25) is 5.02 Å². The van der Waals surface area contributed by atoms with Crippen LogP contribution >= 0.6 is 11.6 Å². The van der Waals surface area contributed by atoms with Gasteiger partial charge in [0, 0.05) is 10.6 Å². The van der Waals surface area contributed by atoms with E-state index in [4.69, 9.17) is 17.3 Å². The number of nitrogens with two attached hydrogens (primary N) is 1. The van der Waals surface area contributed by atoms with Crippen LogP contribution in [-0.2, 0) is 0 Å². The first-order valence-corrected chi connectivity index (χ1v) is 5.74. The van der Waals surface area contributed by atoms with Gasteiger partial charge >= 0.3 is 0 Å². The van der Waals surface area contributed by atoms with Crippen LogP contribution in [0.15, 0.2) is 36.4 Å². The smallest absolute Gasteiger partial charge is 0.255 e. The van der Waals surface area contributed by atoms with E-state index in [0.717, 1.165) is 0 Å². The maximum absolute atomic E-state index is 12.0. The van der Waals surface area contributed by atoms with Crippen LogP contribution < -0.4 is 11.1 Å². The molecule has 18 heavy (non-hydrogen) atoms. The molecule has 1 heterocycles. The minimum Gasteiger partial charge on any atom is -0.384 e. The van der Waals surface area contributed by atoms with Gasteiger partial charge in [0.2, 0.25) is 0 Å². The number of benzene rings is 1. The first kappa shape index (κ1) is 12.4. The normalized spacial score (nSPS) is 10.1. The van der Waals surface area contributed by atoms with Gasteiger partial charge in [-0.1, -0.05) is 17.7 Å². The summed E-state index contributed by atoms with van der Waals surface area (Å²) in [5.41, 5.74) is 7.35. The predicted molar refractivity (Wildman–Crippen MR) is 72.8 cm³/mol. The number of amides is 1. The molecule has 0 radical (unpaired) electrons. The number of rotatable bonds is 2. The number of halogens is 1. The Morgan fingerprint density at radius 3 is 2.78 bits per heavy atom. The first-order valence-electron chi connectivity index (χ1n) is 5.36. The molecule has 0 spiro atoms. The highest BCUT2D eigenvalue weighted by molar-refractivity contribution is 6.31. The summed E-state index contributed by atoms with van der Waals surface area (Å²) in [6.07, 6.45) is 0. The fourth-order valence-corrected chi connectivity index (χ4v) is 1.73. The summed E-state index contributed by atoms with van der Waals surface area (Å²) >= 11 is 5.84. The Morgan fingerprint density at radius 2 is 2.11 bits per heavy atom. The molecule has 92 valence electrons. The number of aromatic nitrogens is 1. The molecule has 0 saturated carbocycles. The fraction of sp³-hybridized carbons (Fsp3) is 0.0769. The van der Waals surface area contributed by atoms with Gasteiger partial charge in [0.15, 0.2) is 0 Å². The summed E-state index contributed by atoms with van der Waals surface area (Å²) in [4.78, 5) is 16.0. The molecule has 0 saturated heterocycles. The van der Waals surface area contributed by atoms with Crippen LogP contribution in [0, 0.1) is 6.92 Å². The standard InChI is InChI=1S/C13H12ClN3O/c1-8-11(5-6-12(15)16-8)17-13(18)9-3-2-4-10(14)7-9/h2-7H,1H3,(H2,15,16)(H,17,18). The Morgan fingerprint density at radius 1 is 1.33 bits per heavy atom. The lowest BCUT2D eigenvalue weighted by molar-refractivity contribution is 0.102. The maximum atomic E-state index is 12.0. The molecule has 1 amide bonds. The van der Waals surface area contributed by atoms with Crippen LogP contribution in [0.4, 0.5) is 11.5 Å². The van der Waals surface area contributed by atoms with Gasteiger partial charge in [-0.2, -0.15) is 0 Å². The number of anilines is 2. The van der Waals surface area contributed by atoms with E-state index in [1.54, 1.807) is 43.3 Å². The number of pyridine rings is 1. The third-order valence-corrected chi connectivity index (χ3v) is 2.68. The number of hydrogen-bond acceptors (Lipinski definition) is 3. The van der Waals surface area contributed by atoms with E-state index >= 15 is 0 Å². The molecule has 0 aliphatic heterocycles. The lowest BCUT2D eigenvalue weighted by atomic mass is 10.2. The molecule has 1 aromatic heterocycles. The number of nitrogens with one attached hydrogen (secondary N) is 1. The molecule has 4 nitrogen and oxygen atoms in total. The summed E-state index contributed by atoms with van der Waals surface area (Å²) in [7, 11) is 0. The summed E-state index contributed by atoms with van der Waals surface area (Å²) in [5.74, 6) is 0.195. The molecule has 1 aromatic carbocycles.